The predicted molar refractivity (Wildman–Crippen MR) is 79.5 cm³/mol. The molecule has 0 saturated heterocycles. The zero-order valence-electron chi connectivity index (χ0n) is 11.0. The number of aryl methyl sites for hydroxylation is 1. The number of aromatic nitrogens is 2. The van der Waals surface area contributed by atoms with Gasteiger partial charge in [-0.2, -0.15) is 0 Å². The van der Waals surface area contributed by atoms with Crippen LogP contribution in [0.5, 0.6) is 0 Å². The number of fused-ring (bicyclic) bond motifs is 3. The van der Waals surface area contributed by atoms with Crippen molar-refractivity contribution in [2.75, 3.05) is 0 Å². The monoisotopic (exact) mass is 260 g/mol. The van der Waals surface area contributed by atoms with Crippen molar-refractivity contribution in [1.29, 1.82) is 0 Å². The number of benzene rings is 2. The highest BCUT2D eigenvalue weighted by Crippen LogP contribution is 2.33. The maximum absolute atomic E-state index is 5.88. The van der Waals surface area contributed by atoms with E-state index in [-0.39, 0.29) is 0 Å². The van der Waals surface area contributed by atoms with Crippen molar-refractivity contribution < 1.29 is 4.42 Å². The number of rotatable bonds is 1. The molecule has 0 bridgehead atoms. The zero-order valence-corrected chi connectivity index (χ0v) is 11.0. The Morgan fingerprint density at radius 3 is 2.60 bits per heavy atom. The second kappa shape index (κ2) is 4.17. The summed E-state index contributed by atoms with van der Waals surface area (Å²) < 4.78 is 5.88. The Morgan fingerprint density at radius 2 is 1.75 bits per heavy atom. The summed E-state index contributed by atoms with van der Waals surface area (Å²) in [5.41, 5.74) is 4.04. The van der Waals surface area contributed by atoms with Crippen LogP contribution in [0.1, 0.15) is 5.56 Å². The van der Waals surface area contributed by atoms with Crippen molar-refractivity contribution in [3.8, 4) is 11.4 Å². The quantitative estimate of drug-likeness (QED) is 0.510. The minimum atomic E-state index is 0.734. The highest BCUT2D eigenvalue weighted by atomic mass is 16.3. The largest absolute Gasteiger partial charge is 0.456 e. The first-order valence-electron chi connectivity index (χ1n) is 6.52. The van der Waals surface area contributed by atoms with Gasteiger partial charge in [0.25, 0.3) is 0 Å². The summed E-state index contributed by atoms with van der Waals surface area (Å²) in [5, 5.41) is 2.28. The minimum absolute atomic E-state index is 0.734. The Morgan fingerprint density at radius 1 is 0.900 bits per heavy atom. The van der Waals surface area contributed by atoms with Gasteiger partial charge in [0.2, 0.25) is 0 Å². The molecular formula is C17H12N2O. The molecule has 0 aliphatic rings. The Balaban J connectivity index is 2.06. The van der Waals surface area contributed by atoms with Crippen LogP contribution < -0.4 is 0 Å². The molecule has 3 heteroatoms. The molecule has 0 amide bonds. The molecule has 3 nitrogen and oxygen atoms in total. The van der Waals surface area contributed by atoms with Crippen LogP contribution in [0, 0.1) is 6.92 Å². The standard InChI is InChI=1S/C17H12N2O/c1-11-4-2-5-15-16(11)13-10-12(6-7-14(13)20-15)17-18-8-3-9-19-17/h2-10H,1H3. The van der Waals surface area contributed by atoms with E-state index in [9.17, 15) is 0 Å². The molecule has 96 valence electrons. The second-order valence-electron chi connectivity index (χ2n) is 4.83. The predicted octanol–water partition coefficient (Wildman–Crippen LogP) is 4.35. The van der Waals surface area contributed by atoms with Crippen molar-refractivity contribution in [1.82, 2.24) is 9.97 Å². The molecule has 0 spiro atoms. The average Bonchev–Trinajstić information content (AvgIpc) is 2.87. The van der Waals surface area contributed by atoms with E-state index in [1.54, 1.807) is 12.4 Å². The lowest BCUT2D eigenvalue weighted by Gasteiger charge is -1.99. The van der Waals surface area contributed by atoms with Gasteiger partial charge in [0.1, 0.15) is 11.2 Å². The summed E-state index contributed by atoms with van der Waals surface area (Å²) >= 11 is 0. The highest BCUT2D eigenvalue weighted by Gasteiger charge is 2.10. The van der Waals surface area contributed by atoms with Gasteiger partial charge in [0, 0.05) is 28.7 Å². The van der Waals surface area contributed by atoms with Gasteiger partial charge in [-0.3, -0.25) is 0 Å². The number of hydrogen-bond donors (Lipinski definition) is 0. The molecule has 0 aliphatic heterocycles. The summed E-state index contributed by atoms with van der Waals surface area (Å²) in [5.74, 6) is 0.734. The summed E-state index contributed by atoms with van der Waals surface area (Å²) in [6, 6.07) is 14.0. The van der Waals surface area contributed by atoms with E-state index >= 15 is 0 Å². The number of nitrogens with zero attached hydrogens (tertiary/aromatic N) is 2. The van der Waals surface area contributed by atoms with Crippen LogP contribution in [0.4, 0.5) is 0 Å². The summed E-state index contributed by atoms with van der Waals surface area (Å²) in [4.78, 5) is 8.60. The lowest BCUT2D eigenvalue weighted by molar-refractivity contribution is 0.669. The van der Waals surface area contributed by atoms with Gasteiger partial charge in [-0.15, -0.1) is 0 Å². The van der Waals surface area contributed by atoms with E-state index in [1.807, 2.05) is 30.3 Å². The minimum Gasteiger partial charge on any atom is -0.456 e. The molecule has 2 aromatic carbocycles. The van der Waals surface area contributed by atoms with Gasteiger partial charge in [-0.05, 0) is 42.8 Å². The number of furan rings is 1. The third-order valence-corrected chi connectivity index (χ3v) is 3.53. The Kier molecular flexibility index (Phi) is 2.33. The van der Waals surface area contributed by atoms with Crippen molar-refractivity contribution in [3.05, 3.63) is 60.4 Å². The van der Waals surface area contributed by atoms with E-state index in [2.05, 4.69) is 29.0 Å². The molecular weight excluding hydrogens is 248 g/mol. The molecule has 0 fully saturated rings. The second-order valence-corrected chi connectivity index (χ2v) is 4.83. The molecule has 4 rings (SSSR count). The lowest BCUT2D eigenvalue weighted by atomic mass is 10.1. The van der Waals surface area contributed by atoms with Gasteiger partial charge in [0.05, 0.1) is 0 Å². The lowest BCUT2D eigenvalue weighted by Crippen LogP contribution is -1.86. The Labute approximate surface area is 115 Å². The normalized spacial score (nSPS) is 11.2. The van der Waals surface area contributed by atoms with Crippen LogP contribution in [-0.2, 0) is 0 Å². The van der Waals surface area contributed by atoms with Crippen LogP contribution >= 0.6 is 0 Å². The number of hydrogen-bond acceptors (Lipinski definition) is 3. The van der Waals surface area contributed by atoms with Gasteiger partial charge in [-0.25, -0.2) is 9.97 Å². The summed E-state index contributed by atoms with van der Waals surface area (Å²) in [7, 11) is 0. The fourth-order valence-electron chi connectivity index (χ4n) is 2.59. The Bertz CT molecular complexity index is 910. The molecule has 0 N–H and O–H groups in total. The van der Waals surface area contributed by atoms with Gasteiger partial charge < -0.3 is 4.42 Å². The van der Waals surface area contributed by atoms with E-state index < -0.39 is 0 Å². The van der Waals surface area contributed by atoms with Crippen LogP contribution in [0.2, 0.25) is 0 Å². The van der Waals surface area contributed by atoms with Crippen LogP contribution in [0.15, 0.2) is 59.3 Å². The van der Waals surface area contributed by atoms with Crippen molar-refractivity contribution in [2.45, 2.75) is 6.92 Å². The van der Waals surface area contributed by atoms with E-state index in [0.29, 0.717) is 0 Å². The molecule has 0 radical (unpaired) electrons. The van der Waals surface area contributed by atoms with Crippen LogP contribution in [0.3, 0.4) is 0 Å². The maximum atomic E-state index is 5.88. The molecule has 2 heterocycles. The SMILES string of the molecule is Cc1cccc2oc3ccc(-c4ncccn4)cc3c12. The molecule has 20 heavy (non-hydrogen) atoms. The first-order chi connectivity index (χ1) is 9.83. The molecule has 0 aliphatic carbocycles. The fraction of sp³-hybridized carbons (Fsp3) is 0.0588. The van der Waals surface area contributed by atoms with Crippen LogP contribution in [0.25, 0.3) is 33.3 Å². The van der Waals surface area contributed by atoms with Gasteiger partial charge in [-0.1, -0.05) is 12.1 Å². The van der Waals surface area contributed by atoms with Gasteiger partial charge in [0.15, 0.2) is 5.82 Å². The first-order valence-corrected chi connectivity index (χ1v) is 6.52. The highest BCUT2D eigenvalue weighted by molar-refractivity contribution is 6.07. The summed E-state index contributed by atoms with van der Waals surface area (Å²) in [6.07, 6.45) is 3.51. The molecule has 0 saturated carbocycles. The Hall–Kier alpha value is -2.68. The fourth-order valence-corrected chi connectivity index (χ4v) is 2.59. The third kappa shape index (κ3) is 1.60. The van der Waals surface area contributed by atoms with Crippen molar-refractivity contribution in [2.24, 2.45) is 0 Å². The molecule has 0 atom stereocenters. The van der Waals surface area contributed by atoms with Gasteiger partial charge >= 0.3 is 0 Å². The van der Waals surface area contributed by atoms with E-state index in [4.69, 9.17) is 4.42 Å². The topological polar surface area (TPSA) is 38.9 Å². The van der Waals surface area contributed by atoms with E-state index in [0.717, 1.165) is 27.9 Å². The van der Waals surface area contributed by atoms with Crippen LogP contribution in [-0.4, -0.2) is 9.97 Å². The molecule has 4 aromatic rings. The summed E-state index contributed by atoms with van der Waals surface area (Å²) in [6.45, 7) is 2.10. The molecule has 0 unspecified atom stereocenters. The third-order valence-electron chi connectivity index (χ3n) is 3.53. The van der Waals surface area contributed by atoms with Crippen molar-refractivity contribution in [3.63, 3.8) is 0 Å². The smallest absolute Gasteiger partial charge is 0.159 e. The zero-order chi connectivity index (χ0) is 13.5. The average molecular weight is 260 g/mol. The first kappa shape index (κ1) is 11.2. The maximum Gasteiger partial charge on any atom is 0.159 e. The van der Waals surface area contributed by atoms with E-state index in [1.165, 1.54) is 10.9 Å². The van der Waals surface area contributed by atoms with Crippen molar-refractivity contribution >= 4 is 21.9 Å². The molecule has 2 aromatic heterocycles.